The lowest BCUT2D eigenvalue weighted by Gasteiger charge is -2.10. The molecule has 0 saturated heterocycles. The minimum atomic E-state index is -0.462. The first-order chi connectivity index (χ1) is 13.5. The predicted octanol–water partition coefficient (Wildman–Crippen LogP) is 4.48. The van der Waals surface area contributed by atoms with Crippen molar-refractivity contribution in [2.24, 2.45) is 0 Å². The Hall–Kier alpha value is -3.67. The molecule has 0 spiro atoms. The summed E-state index contributed by atoms with van der Waals surface area (Å²) in [5, 5.41) is 6.00. The van der Waals surface area contributed by atoms with Gasteiger partial charge in [-0.3, -0.25) is 4.79 Å². The van der Waals surface area contributed by atoms with Gasteiger partial charge in [0, 0.05) is 11.4 Å². The van der Waals surface area contributed by atoms with E-state index >= 15 is 0 Å². The monoisotopic (exact) mass is 375 g/mol. The molecule has 1 amide bonds. The van der Waals surface area contributed by atoms with Crippen molar-refractivity contribution in [2.45, 2.75) is 13.8 Å². The van der Waals surface area contributed by atoms with E-state index in [0.717, 1.165) is 11.4 Å². The number of nitrogens with one attached hydrogen (secondary N) is 2. The zero-order chi connectivity index (χ0) is 20.1. The molecule has 6 heteroatoms. The molecule has 0 unspecified atom stereocenters. The highest BCUT2D eigenvalue weighted by atomic mass is 16.5. The van der Waals surface area contributed by atoms with Crippen molar-refractivity contribution in [2.75, 3.05) is 17.7 Å². The van der Waals surface area contributed by atoms with E-state index < -0.39 is 5.97 Å². The quantitative estimate of drug-likeness (QED) is 0.643. The van der Waals surface area contributed by atoms with Crippen molar-refractivity contribution >= 4 is 28.9 Å². The van der Waals surface area contributed by atoms with E-state index in [-0.39, 0.29) is 11.6 Å². The Morgan fingerprint density at radius 2 is 1.68 bits per heavy atom. The van der Waals surface area contributed by atoms with E-state index in [4.69, 9.17) is 0 Å². The fourth-order valence-electron chi connectivity index (χ4n) is 2.62. The molecule has 0 aliphatic carbocycles. The van der Waals surface area contributed by atoms with Gasteiger partial charge in [-0.25, -0.2) is 9.78 Å². The summed E-state index contributed by atoms with van der Waals surface area (Å²) in [6.07, 6.45) is 1.61. The number of aryl methyl sites for hydroxylation is 2. The first-order valence-corrected chi connectivity index (χ1v) is 8.76. The van der Waals surface area contributed by atoms with E-state index in [1.807, 2.05) is 6.07 Å². The fourth-order valence-corrected chi connectivity index (χ4v) is 2.62. The number of methoxy groups -OCH3 is 1. The number of benzene rings is 2. The number of carbonyl (C=O) groups is 2. The summed E-state index contributed by atoms with van der Waals surface area (Å²) in [6, 6.07) is 16.1. The molecule has 28 heavy (non-hydrogen) atoms. The fraction of sp³-hybridized carbons (Fsp3) is 0.136. The van der Waals surface area contributed by atoms with Crippen LogP contribution in [0.3, 0.4) is 0 Å². The number of nitrogens with zero attached hydrogens (tertiary/aromatic N) is 1. The van der Waals surface area contributed by atoms with Crippen molar-refractivity contribution < 1.29 is 14.3 Å². The van der Waals surface area contributed by atoms with Crippen LogP contribution in [0.25, 0.3) is 0 Å². The van der Waals surface area contributed by atoms with Crippen LogP contribution in [0.4, 0.5) is 17.1 Å². The average Bonchev–Trinajstić information content (AvgIpc) is 2.71. The second kappa shape index (κ2) is 8.35. The van der Waals surface area contributed by atoms with Crippen molar-refractivity contribution in [1.82, 2.24) is 4.98 Å². The maximum absolute atomic E-state index is 12.4. The molecular formula is C22H21N3O3. The molecule has 0 saturated carbocycles. The van der Waals surface area contributed by atoms with Gasteiger partial charge in [0.1, 0.15) is 5.69 Å². The van der Waals surface area contributed by atoms with Gasteiger partial charge in [-0.1, -0.05) is 12.1 Å². The van der Waals surface area contributed by atoms with Crippen LogP contribution in [0.15, 0.2) is 60.8 Å². The Morgan fingerprint density at radius 3 is 2.36 bits per heavy atom. The van der Waals surface area contributed by atoms with Crippen LogP contribution in [0.2, 0.25) is 0 Å². The molecule has 142 valence electrons. The van der Waals surface area contributed by atoms with Crippen LogP contribution in [0.1, 0.15) is 32.0 Å². The van der Waals surface area contributed by atoms with Crippen LogP contribution in [-0.2, 0) is 4.74 Å². The summed E-state index contributed by atoms with van der Waals surface area (Å²) >= 11 is 0. The Balaban J connectivity index is 1.68. The summed E-state index contributed by atoms with van der Waals surface area (Å²) in [4.78, 5) is 28.2. The van der Waals surface area contributed by atoms with E-state index in [2.05, 4.69) is 46.3 Å². The van der Waals surface area contributed by atoms with Gasteiger partial charge in [0.25, 0.3) is 5.91 Å². The number of carbonyl (C=O) groups excluding carboxylic acids is 2. The van der Waals surface area contributed by atoms with Crippen LogP contribution in [-0.4, -0.2) is 24.0 Å². The minimum absolute atomic E-state index is 0.272. The van der Waals surface area contributed by atoms with Gasteiger partial charge in [0.05, 0.1) is 24.6 Å². The van der Waals surface area contributed by atoms with Gasteiger partial charge in [-0.2, -0.15) is 0 Å². The van der Waals surface area contributed by atoms with E-state index in [1.54, 1.807) is 42.6 Å². The molecule has 0 fully saturated rings. The van der Waals surface area contributed by atoms with Crippen LogP contribution < -0.4 is 10.6 Å². The molecule has 0 aliphatic rings. The lowest BCUT2D eigenvalue weighted by molar-refractivity contribution is 0.0600. The van der Waals surface area contributed by atoms with Gasteiger partial charge in [-0.05, 0) is 67.4 Å². The number of hydrogen-bond acceptors (Lipinski definition) is 5. The van der Waals surface area contributed by atoms with E-state index in [1.165, 1.54) is 18.2 Å². The minimum Gasteiger partial charge on any atom is -0.465 e. The summed E-state index contributed by atoms with van der Waals surface area (Å²) in [5.74, 6) is -0.823. The third-order valence-electron chi connectivity index (χ3n) is 4.33. The van der Waals surface area contributed by atoms with Gasteiger partial charge in [0.2, 0.25) is 0 Å². The molecule has 6 nitrogen and oxygen atoms in total. The highest BCUT2D eigenvalue weighted by molar-refractivity contribution is 6.03. The lowest BCUT2D eigenvalue weighted by atomic mass is 10.1. The average molecular weight is 375 g/mol. The summed E-state index contributed by atoms with van der Waals surface area (Å²) in [7, 11) is 1.31. The number of ether oxygens (including phenoxy) is 1. The first-order valence-electron chi connectivity index (χ1n) is 8.76. The lowest BCUT2D eigenvalue weighted by Crippen LogP contribution is -2.14. The largest absolute Gasteiger partial charge is 0.465 e. The number of esters is 1. The van der Waals surface area contributed by atoms with Gasteiger partial charge in [-0.15, -0.1) is 0 Å². The van der Waals surface area contributed by atoms with Gasteiger partial charge < -0.3 is 15.4 Å². The maximum atomic E-state index is 12.4. The number of anilines is 3. The molecule has 1 aromatic heterocycles. The zero-order valence-corrected chi connectivity index (χ0v) is 15.9. The molecular weight excluding hydrogens is 354 g/mol. The molecule has 1 heterocycles. The molecule has 0 bridgehead atoms. The second-order valence-corrected chi connectivity index (χ2v) is 6.38. The number of hydrogen-bond donors (Lipinski definition) is 2. The van der Waals surface area contributed by atoms with Crippen molar-refractivity contribution in [3.8, 4) is 0 Å². The third-order valence-corrected chi connectivity index (χ3v) is 4.33. The van der Waals surface area contributed by atoms with Crippen LogP contribution >= 0.6 is 0 Å². The van der Waals surface area contributed by atoms with E-state index in [0.29, 0.717) is 11.3 Å². The summed E-state index contributed by atoms with van der Waals surface area (Å²) < 4.78 is 4.69. The smallest absolute Gasteiger partial charge is 0.337 e. The standard InChI is InChI=1S/C22H21N3O3/c1-14-7-8-18(11-15(14)2)24-19-9-10-20(23-13-19)21(26)25-17-6-4-5-16(12-17)22(27)28-3/h4-13,24H,1-3H3,(H,25,26). The van der Waals surface area contributed by atoms with Gasteiger partial charge >= 0.3 is 5.97 Å². The number of rotatable bonds is 5. The predicted molar refractivity (Wildman–Crippen MR) is 109 cm³/mol. The first kappa shape index (κ1) is 19.1. The molecule has 2 N–H and O–H groups in total. The van der Waals surface area contributed by atoms with Crippen LogP contribution in [0.5, 0.6) is 0 Å². The number of pyridine rings is 1. The van der Waals surface area contributed by atoms with Gasteiger partial charge in [0.15, 0.2) is 0 Å². The highest BCUT2D eigenvalue weighted by Crippen LogP contribution is 2.19. The Labute approximate surface area is 163 Å². The Bertz CT molecular complexity index is 1010. The molecule has 0 radical (unpaired) electrons. The summed E-state index contributed by atoms with van der Waals surface area (Å²) in [6.45, 7) is 4.12. The topological polar surface area (TPSA) is 80.3 Å². The molecule has 0 aliphatic heterocycles. The SMILES string of the molecule is COC(=O)c1cccc(NC(=O)c2ccc(Nc3ccc(C)c(C)c3)cn2)c1. The van der Waals surface area contributed by atoms with Crippen molar-refractivity contribution in [1.29, 1.82) is 0 Å². The zero-order valence-electron chi connectivity index (χ0n) is 15.9. The molecule has 0 atom stereocenters. The molecule has 3 rings (SSSR count). The Morgan fingerprint density at radius 1 is 0.893 bits per heavy atom. The maximum Gasteiger partial charge on any atom is 0.337 e. The number of amides is 1. The highest BCUT2D eigenvalue weighted by Gasteiger charge is 2.10. The second-order valence-electron chi connectivity index (χ2n) is 6.38. The van der Waals surface area contributed by atoms with Crippen molar-refractivity contribution in [3.05, 3.63) is 83.2 Å². The Kier molecular flexibility index (Phi) is 5.69. The molecule has 3 aromatic rings. The van der Waals surface area contributed by atoms with Crippen LogP contribution in [0, 0.1) is 13.8 Å². The normalized spacial score (nSPS) is 10.2. The van der Waals surface area contributed by atoms with Crippen molar-refractivity contribution in [3.63, 3.8) is 0 Å². The van der Waals surface area contributed by atoms with E-state index in [9.17, 15) is 9.59 Å². The third kappa shape index (κ3) is 4.54. The molecule has 2 aromatic carbocycles. The summed E-state index contributed by atoms with van der Waals surface area (Å²) in [5.41, 5.74) is 5.30. The number of aromatic nitrogens is 1.